The number of carbonyl (C=O) groups excluding carboxylic acids is 1. The molecule has 1 saturated carbocycles. The molecule has 0 spiro atoms. The zero-order chi connectivity index (χ0) is 16.9. The van der Waals surface area contributed by atoms with Gasteiger partial charge in [0.1, 0.15) is 5.75 Å². The summed E-state index contributed by atoms with van der Waals surface area (Å²) in [5.74, 6) is 1.40. The maximum atomic E-state index is 12.4. The number of ether oxygens (including phenoxy) is 1. The summed E-state index contributed by atoms with van der Waals surface area (Å²) < 4.78 is 5.31. The fraction of sp³-hybridized carbons (Fsp3) is 0.632. The van der Waals surface area contributed by atoms with Crippen LogP contribution in [0.15, 0.2) is 24.3 Å². The van der Waals surface area contributed by atoms with Crippen LogP contribution in [0.5, 0.6) is 5.75 Å². The molecule has 148 valence electrons. The molecule has 0 radical (unpaired) electrons. The van der Waals surface area contributed by atoms with Crippen LogP contribution in [0, 0.1) is 5.92 Å². The maximum absolute atomic E-state index is 12.4. The summed E-state index contributed by atoms with van der Waals surface area (Å²) in [4.78, 5) is 14.7. The SMILES string of the molecule is COc1cccc(N2CCCC(NC(=O)C[C@@H]3CCC[C@H]3N)C2)c1.Cl.Cl. The molecule has 1 amide bonds. The van der Waals surface area contributed by atoms with Gasteiger partial charge in [-0.25, -0.2) is 0 Å². The van der Waals surface area contributed by atoms with E-state index >= 15 is 0 Å². The van der Waals surface area contributed by atoms with Crippen LogP contribution in [0.3, 0.4) is 0 Å². The molecule has 0 aromatic heterocycles. The van der Waals surface area contributed by atoms with Gasteiger partial charge >= 0.3 is 0 Å². The molecule has 1 aliphatic carbocycles. The number of nitrogens with two attached hydrogens (primary N) is 1. The number of halogens is 2. The van der Waals surface area contributed by atoms with Crippen LogP contribution >= 0.6 is 24.8 Å². The molecule has 2 fully saturated rings. The Bertz CT molecular complexity index is 573. The molecule has 3 atom stereocenters. The van der Waals surface area contributed by atoms with Gasteiger partial charge in [0.05, 0.1) is 7.11 Å². The van der Waals surface area contributed by atoms with Crippen molar-refractivity contribution in [2.75, 3.05) is 25.1 Å². The summed E-state index contributed by atoms with van der Waals surface area (Å²) in [7, 11) is 1.69. The van der Waals surface area contributed by atoms with Crippen LogP contribution in [0.1, 0.15) is 38.5 Å². The van der Waals surface area contributed by atoms with Gasteiger partial charge in [-0.1, -0.05) is 12.5 Å². The van der Waals surface area contributed by atoms with E-state index in [1.54, 1.807) is 7.11 Å². The van der Waals surface area contributed by atoms with E-state index in [9.17, 15) is 4.79 Å². The fourth-order valence-electron chi connectivity index (χ4n) is 3.98. The van der Waals surface area contributed by atoms with Gasteiger partial charge in [-0.15, -0.1) is 24.8 Å². The van der Waals surface area contributed by atoms with E-state index in [4.69, 9.17) is 10.5 Å². The highest BCUT2D eigenvalue weighted by Crippen LogP contribution is 2.27. The Balaban J connectivity index is 0.00000169. The van der Waals surface area contributed by atoms with E-state index in [1.165, 1.54) is 0 Å². The first kappa shape index (κ1) is 22.9. The maximum Gasteiger partial charge on any atom is 0.220 e. The van der Waals surface area contributed by atoms with Gasteiger partial charge in [0.2, 0.25) is 5.91 Å². The van der Waals surface area contributed by atoms with Gasteiger partial charge in [0.15, 0.2) is 0 Å². The lowest BCUT2D eigenvalue weighted by atomic mass is 9.99. The van der Waals surface area contributed by atoms with Crippen molar-refractivity contribution < 1.29 is 9.53 Å². The topological polar surface area (TPSA) is 67.6 Å². The molecule has 1 aliphatic heterocycles. The average Bonchev–Trinajstić information content (AvgIpc) is 3.00. The second-order valence-electron chi connectivity index (χ2n) is 7.11. The minimum atomic E-state index is 0. The molecule has 1 aromatic carbocycles. The number of hydrogen-bond donors (Lipinski definition) is 2. The van der Waals surface area contributed by atoms with Crippen LogP contribution < -0.4 is 20.7 Å². The van der Waals surface area contributed by atoms with Crippen LogP contribution in [-0.4, -0.2) is 38.2 Å². The highest BCUT2D eigenvalue weighted by Gasteiger charge is 2.28. The van der Waals surface area contributed by atoms with Crippen molar-refractivity contribution in [1.29, 1.82) is 0 Å². The van der Waals surface area contributed by atoms with Crippen molar-refractivity contribution in [2.45, 2.75) is 50.6 Å². The number of nitrogens with one attached hydrogen (secondary N) is 1. The van der Waals surface area contributed by atoms with E-state index in [1.807, 2.05) is 12.1 Å². The monoisotopic (exact) mass is 403 g/mol. The number of rotatable bonds is 5. The van der Waals surface area contributed by atoms with Gasteiger partial charge < -0.3 is 20.7 Å². The van der Waals surface area contributed by atoms with Crippen molar-refractivity contribution in [3.8, 4) is 5.75 Å². The second-order valence-corrected chi connectivity index (χ2v) is 7.11. The number of hydrogen-bond acceptors (Lipinski definition) is 4. The van der Waals surface area contributed by atoms with Crippen LogP contribution in [0.2, 0.25) is 0 Å². The van der Waals surface area contributed by atoms with E-state index < -0.39 is 0 Å². The summed E-state index contributed by atoms with van der Waals surface area (Å²) in [6.45, 7) is 1.88. The largest absolute Gasteiger partial charge is 0.497 e. The molecule has 1 aromatic rings. The average molecular weight is 404 g/mol. The fourth-order valence-corrected chi connectivity index (χ4v) is 3.98. The van der Waals surface area contributed by atoms with Gasteiger partial charge in [0, 0.05) is 43.3 Å². The summed E-state index contributed by atoms with van der Waals surface area (Å²) in [5, 5.41) is 3.23. The molecule has 2 aliphatic rings. The Morgan fingerprint density at radius 3 is 2.77 bits per heavy atom. The standard InChI is InChI=1S/C19H29N3O2.2ClH/c1-24-17-8-3-7-16(12-17)22-10-4-6-15(13-22)21-19(23)11-14-5-2-9-18(14)20;;/h3,7-8,12,14-15,18H,2,4-6,9-11,13,20H2,1H3,(H,21,23);2*1H/t14-,15?,18+;;/m0../s1. The number of piperidine rings is 1. The highest BCUT2D eigenvalue weighted by molar-refractivity contribution is 5.85. The first-order chi connectivity index (χ1) is 11.7. The normalized spacial score (nSPS) is 25.0. The molecule has 3 N–H and O–H groups in total. The van der Waals surface area contributed by atoms with Crippen molar-refractivity contribution in [3.05, 3.63) is 24.3 Å². The lowest BCUT2D eigenvalue weighted by Crippen LogP contribution is -2.48. The summed E-state index contributed by atoms with van der Waals surface area (Å²) in [6, 6.07) is 8.55. The smallest absolute Gasteiger partial charge is 0.220 e. The predicted molar refractivity (Wildman–Crippen MR) is 111 cm³/mol. The van der Waals surface area contributed by atoms with Crippen LogP contribution in [0.4, 0.5) is 5.69 Å². The van der Waals surface area contributed by atoms with Crippen LogP contribution in [0.25, 0.3) is 0 Å². The minimum absolute atomic E-state index is 0. The number of methoxy groups -OCH3 is 1. The van der Waals surface area contributed by atoms with Crippen LogP contribution in [-0.2, 0) is 4.79 Å². The van der Waals surface area contributed by atoms with Gasteiger partial charge in [-0.2, -0.15) is 0 Å². The van der Waals surface area contributed by atoms with Gasteiger partial charge in [-0.3, -0.25) is 4.79 Å². The molecule has 26 heavy (non-hydrogen) atoms. The molecular formula is C19H31Cl2N3O2. The van der Waals surface area contributed by atoms with Crippen molar-refractivity contribution in [2.24, 2.45) is 11.7 Å². The number of benzene rings is 1. The molecule has 0 bridgehead atoms. The van der Waals surface area contributed by atoms with Crippen molar-refractivity contribution in [3.63, 3.8) is 0 Å². The summed E-state index contributed by atoms with van der Waals surface area (Å²) in [5.41, 5.74) is 7.24. The molecule has 7 heteroatoms. The zero-order valence-electron chi connectivity index (χ0n) is 15.4. The van der Waals surface area contributed by atoms with Crippen molar-refractivity contribution in [1.82, 2.24) is 5.32 Å². The molecule has 5 nitrogen and oxygen atoms in total. The number of amides is 1. The number of anilines is 1. The number of carbonyl (C=O) groups is 1. The van der Waals surface area contributed by atoms with E-state index in [-0.39, 0.29) is 42.8 Å². The second kappa shape index (κ2) is 10.9. The first-order valence-corrected chi connectivity index (χ1v) is 9.09. The predicted octanol–water partition coefficient (Wildman–Crippen LogP) is 3.14. The molecule has 1 saturated heterocycles. The van der Waals surface area contributed by atoms with Gasteiger partial charge in [-0.05, 0) is 43.7 Å². The minimum Gasteiger partial charge on any atom is -0.497 e. The lowest BCUT2D eigenvalue weighted by molar-refractivity contribution is -0.122. The Morgan fingerprint density at radius 1 is 1.27 bits per heavy atom. The first-order valence-electron chi connectivity index (χ1n) is 9.09. The van der Waals surface area contributed by atoms with E-state index in [0.29, 0.717) is 12.3 Å². The van der Waals surface area contributed by atoms with E-state index in [0.717, 1.165) is 56.6 Å². The van der Waals surface area contributed by atoms with Crippen molar-refractivity contribution >= 4 is 36.4 Å². The Morgan fingerprint density at radius 2 is 2.08 bits per heavy atom. The molecule has 3 rings (SSSR count). The third-order valence-corrected chi connectivity index (χ3v) is 5.37. The summed E-state index contributed by atoms with van der Waals surface area (Å²) >= 11 is 0. The summed E-state index contributed by atoms with van der Waals surface area (Å²) in [6.07, 6.45) is 6.02. The highest BCUT2D eigenvalue weighted by atomic mass is 35.5. The molecule has 1 heterocycles. The Labute approximate surface area is 168 Å². The third-order valence-electron chi connectivity index (χ3n) is 5.37. The number of nitrogens with zero attached hydrogens (tertiary/aromatic N) is 1. The van der Waals surface area contributed by atoms with Gasteiger partial charge in [0.25, 0.3) is 0 Å². The third kappa shape index (κ3) is 5.93. The Hall–Kier alpha value is -1.17. The van der Waals surface area contributed by atoms with E-state index in [2.05, 4.69) is 22.3 Å². The molecular weight excluding hydrogens is 373 g/mol. The lowest BCUT2D eigenvalue weighted by Gasteiger charge is -2.35. The molecule has 1 unspecified atom stereocenters. The zero-order valence-corrected chi connectivity index (χ0v) is 17.0. The quantitative estimate of drug-likeness (QED) is 0.791. The Kier molecular flexibility index (Phi) is 9.55.